The number of carbonyl (C=O) groups excluding carboxylic acids is 1. The molecule has 3 N–H and O–H groups in total. The van der Waals surface area contributed by atoms with Crippen molar-refractivity contribution in [2.24, 2.45) is 0 Å². The average molecular weight is 274 g/mol. The second-order valence-corrected chi connectivity index (χ2v) is 4.43. The summed E-state index contributed by atoms with van der Waals surface area (Å²) in [7, 11) is 0. The molecular weight excluding hydrogens is 256 g/mol. The van der Waals surface area contributed by atoms with Gasteiger partial charge < -0.3 is 15.5 Å². The Kier molecular flexibility index (Phi) is 4.70. The summed E-state index contributed by atoms with van der Waals surface area (Å²) in [4.78, 5) is 20.1. The van der Waals surface area contributed by atoms with E-state index in [-0.39, 0.29) is 17.3 Å². The molecule has 0 saturated heterocycles. The van der Waals surface area contributed by atoms with Gasteiger partial charge in [-0.15, -0.1) is 0 Å². The molecule has 0 saturated carbocycles. The minimum Gasteiger partial charge on any atom is -0.461 e. The zero-order valence-corrected chi connectivity index (χ0v) is 11.4. The molecule has 0 unspecified atom stereocenters. The molecule has 0 radical (unpaired) electrons. The van der Waals surface area contributed by atoms with Crippen molar-refractivity contribution in [3.05, 3.63) is 30.2 Å². The molecule has 1 amide bonds. The second kappa shape index (κ2) is 6.70. The summed E-state index contributed by atoms with van der Waals surface area (Å²) in [6, 6.07) is 3.47. The van der Waals surface area contributed by atoms with Crippen molar-refractivity contribution in [3.8, 4) is 11.6 Å². The molecule has 0 spiro atoms. The number of furan rings is 1. The minimum atomic E-state index is -0.246. The lowest BCUT2D eigenvalue weighted by Crippen LogP contribution is -2.26. The highest BCUT2D eigenvalue weighted by molar-refractivity contribution is 5.98. The molecule has 6 nitrogen and oxygen atoms in total. The summed E-state index contributed by atoms with van der Waals surface area (Å²) in [6.07, 6.45) is 6.11. The topological polar surface area (TPSA) is 94.0 Å². The first-order valence-electron chi connectivity index (χ1n) is 6.67. The van der Waals surface area contributed by atoms with Crippen molar-refractivity contribution in [2.75, 3.05) is 12.3 Å². The Hall–Kier alpha value is -2.37. The number of carbonyl (C=O) groups is 1. The van der Waals surface area contributed by atoms with Crippen LogP contribution in [-0.2, 0) is 0 Å². The Morgan fingerprint density at radius 2 is 2.30 bits per heavy atom. The maximum atomic E-state index is 11.9. The van der Waals surface area contributed by atoms with Crippen LogP contribution in [0.25, 0.3) is 11.6 Å². The third-order valence-electron chi connectivity index (χ3n) is 2.87. The van der Waals surface area contributed by atoms with Gasteiger partial charge in [0.1, 0.15) is 5.82 Å². The summed E-state index contributed by atoms with van der Waals surface area (Å²) in [5, 5.41) is 2.81. The lowest BCUT2D eigenvalue weighted by Gasteiger charge is -2.07. The second-order valence-electron chi connectivity index (χ2n) is 4.43. The van der Waals surface area contributed by atoms with Gasteiger partial charge in [0.2, 0.25) is 0 Å². The lowest BCUT2D eigenvalue weighted by atomic mass is 10.2. The first-order valence-corrected chi connectivity index (χ1v) is 6.67. The molecule has 106 valence electrons. The van der Waals surface area contributed by atoms with Crippen molar-refractivity contribution in [2.45, 2.75) is 26.2 Å². The number of hydrogen-bond acceptors (Lipinski definition) is 5. The van der Waals surface area contributed by atoms with E-state index in [1.807, 2.05) is 0 Å². The lowest BCUT2D eigenvalue weighted by molar-refractivity contribution is 0.0953. The Balaban J connectivity index is 2.04. The Morgan fingerprint density at radius 1 is 1.45 bits per heavy atom. The van der Waals surface area contributed by atoms with Crippen LogP contribution in [0.4, 0.5) is 5.82 Å². The van der Waals surface area contributed by atoms with Crippen molar-refractivity contribution >= 4 is 11.7 Å². The number of nitrogens with zero attached hydrogens (tertiary/aromatic N) is 2. The van der Waals surface area contributed by atoms with Crippen LogP contribution in [0, 0.1) is 0 Å². The van der Waals surface area contributed by atoms with Crippen LogP contribution in [0.15, 0.2) is 29.0 Å². The van der Waals surface area contributed by atoms with Gasteiger partial charge in [0.25, 0.3) is 5.91 Å². The number of nitrogen functional groups attached to an aromatic ring is 1. The average Bonchev–Trinajstić information content (AvgIpc) is 2.97. The molecule has 0 atom stereocenters. The molecule has 6 heteroatoms. The van der Waals surface area contributed by atoms with Gasteiger partial charge in [-0.1, -0.05) is 19.8 Å². The number of aromatic nitrogens is 2. The van der Waals surface area contributed by atoms with E-state index in [9.17, 15) is 4.79 Å². The van der Waals surface area contributed by atoms with Gasteiger partial charge >= 0.3 is 0 Å². The first-order chi connectivity index (χ1) is 9.72. The van der Waals surface area contributed by atoms with E-state index in [0.717, 1.165) is 19.3 Å². The Labute approximate surface area is 117 Å². The number of hydrogen-bond donors (Lipinski definition) is 2. The Morgan fingerprint density at radius 3 is 2.95 bits per heavy atom. The maximum Gasteiger partial charge on any atom is 0.256 e. The molecule has 0 bridgehead atoms. The van der Waals surface area contributed by atoms with Crippen LogP contribution in [0.1, 0.15) is 36.5 Å². The zero-order valence-electron chi connectivity index (χ0n) is 11.4. The van der Waals surface area contributed by atoms with Crippen LogP contribution in [0.3, 0.4) is 0 Å². The summed E-state index contributed by atoms with van der Waals surface area (Å²) < 4.78 is 5.19. The van der Waals surface area contributed by atoms with Gasteiger partial charge in [-0.2, -0.15) is 0 Å². The summed E-state index contributed by atoms with van der Waals surface area (Å²) in [5.74, 6) is 0.797. The molecule has 2 aromatic heterocycles. The quantitative estimate of drug-likeness (QED) is 0.788. The summed E-state index contributed by atoms with van der Waals surface area (Å²) in [5.41, 5.74) is 6.09. The molecule has 0 aliphatic carbocycles. The van der Waals surface area contributed by atoms with Crippen molar-refractivity contribution in [1.82, 2.24) is 15.3 Å². The molecule has 2 heterocycles. The van der Waals surface area contributed by atoms with Gasteiger partial charge in [-0.3, -0.25) is 4.79 Å². The number of nitrogens with one attached hydrogen (secondary N) is 1. The molecule has 20 heavy (non-hydrogen) atoms. The van der Waals surface area contributed by atoms with Gasteiger partial charge in [0.15, 0.2) is 11.6 Å². The smallest absolute Gasteiger partial charge is 0.256 e. The number of amides is 1. The van der Waals surface area contributed by atoms with Crippen LogP contribution >= 0.6 is 0 Å². The predicted molar refractivity (Wildman–Crippen MR) is 76.0 cm³/mol. The molecular formula is C14H18N4O2. The molecule has 0 fully saturated rings. The Bertz CT molecular complexity index is 567. The fourth-order valence-electron chi connectivity index (χ4n) is 1.77. The van der Waals surface area contributed by atoms with E-state index in [4.69, 9.17) is 10.2 Å². The number of anilines is 1. The minimum absolute atomic E-state index is 0.152. The fraction of sp³-hybridized carbons (Fsp3) is 0.357. The summed E-state index contributed by atoms with van der Waals surface area (Å²) in [6.45, 7) is 2.74. The van der Waals surface area contributed by atoms with Crippen LogP contribution in [-0.4, -0.2) is 22.4 Å². The van der Waals surface area contributed by atoms with E-state index >= 15 is 0 Å². The van der Waals surface area contributed by atoms with Gasteiger partial charge in [-0.25, -0.2) is 9.97 Å². The molecule has 0 aliphatic heterocycles. The van der Waals surface area contributed by atoms with Crippen LogP contribution in [0.2, 0.25) is 0 Å². The highest BCUT2D eigenvalue weighted by Crippen LogP contribution is 2.17. The van der Waals surface area contributed by atoms with Gasteiger partial charge in [0, 0.05) is 12.7 Å². The third-order valence-corrected chi connectivity index (χ3v) is 2.87. The van der Waals surface area contributed by atoms with E-state index < -0.39 is 0 Å². The standard InChI is InChI=1S/C14H18N4O2/c1-2-3-4-7-16-14(19)10-9-17-13(18-12(10)15)11-6-5-8-20-11/h5-6,8-9H,2-4,7H2,1H3,(H,16,19)(H2,15,17,18). The monoisotopic (exact) mass is 274 g/mol. The highest BCUT2D eigenvalue weighted by atomic mass is 16.3. The first kappa shape index (κ1) is 14.0. The fourth-order valence-corrected chi connectivity index (χ4v) is 1.77. The van der Waals surface area contributed by atoms with Gasteiger partial charge in [-0.05, 0) is 18.6 Å². The van der Waals surface area contributed by atoms with Crippen LogP contribution in [0.5, 0.6) is 0 Å². The maximum absolute atomic E-state index is 11.9. The molecule has 2 rings (SSSR count). The normalized spacial score (nSPS) is 10.4. The summed E-state index contributed by atoms with van der Waals surface area (Å²) >= 11 is 0. The van der Waals surface area contributed by atoms with E-state index in [1.165, 1.54) is 12.5 Å². The predicted octanol–water partition coefficient (Wildman–Crippen LogP) is 2.24. The number of nitrogens with two attached hydrogens (primary N) is 1. The van der Waals surface area contributed by atoms with Crippen LogP contribution < -0.4 is 11.1 Å². The van der Waals surface area contributed by atoms with Gasteiger partial charge in [0.05, 0.1) is 11.8 Å². The third kappa shape index (κ3) is 3.34. The number of rotatable bonds is 6. The molecule has 2 aromatic rings. The molecule has 0 aromatic carbocycles. The molecule has 0 aliphatic rings. The van der Waals surface area contributed by atoms with E-state index in [1.54, 1.807) is 12.1 Å². The van der Waals surface area contributed by atoms with Crippen molar-refractivity contribution in [3.63, 3.8) is 0 Å². The van der Waals surface area contributed by atoms with Crippen molar-refractivity contribution in [1.29, 1.82) is 0 Å². The SMILES string of the molecule is CCCCCNC(=O)c1cnc(-c2ccco2)nc1N. The van der Waals surface area contributed by atoms with Crippen molar-refractivity contribution < 1.29 is 9.21 Å². The largest absolute Gasteiger partial charge is 0.461 e. The highest BCUT2D eigenvalue weighted by Gasteiger charge is 2.13. The zero-order chi connectivity index (χ0) is 14.4. The van der Waals surface area contributed by atoms with E-state index in [2.05, 4.69) is 22.2 Å². The van der Waals surface area contributed by atoms with E-state index in [0.29, 0.717) is 18.1 Å². The number of unbranched alkanes of at least 4 members (excludes halogenated alkanes) is 2.